The third-order valence-electron chi connectivity index (χ3n) is 6.40. The van der Waals surface area contributed by atoms with Crippen LogP contribution in [0.25, 0.3) is 0 Å². The van der Waals surface area contributed by atoms with Crippen molar-refractivity contribution in [2.45, 2.75) is 66.0 Å². The summed E-state index contributed by atoms with van der Waals surface area (Å²) >= 11 is 0. The van der Waals surface area contributed by atoms with Gasteiger partial charge in [0.25, 0.3) is 0 Å². The van der Waals surface area contributed by atoms with Crippen LogP contribution >= 0.6 is 24.0 Å². The van der Waals surface area contributed by atoms with Gasteiger partial charge in [-0.2, -0.15) is 0 Å². The van der Waals surface area contributed by atoms with E-state index in [4.69, 9.17) is 9.41 Å². The number of aliphatic imine (C=N–C) groups is 1. The summed E-state index contributed by atoms with van der Waals surface area (Å²) in [5, 5.41) is 7.00. The summed E-state index contributed by atoms with van der Waals surface area (Å²) in [4.78, 5) is 14.4. The minimum absolute atomic E-state index is 0. The molecule has 172 valence electrons. The van der Waals surface area contributed by atoms with Crippen molar-refractivity contribution in [3.8, 4) is 0 Å². The Hall–Kier alpha value is -0.870. The molecule has 2 aliphatic rings. The number of aromatic nitrogens is 1. The van der Waals surface area contributed by atoms with Crippen molar-refractivity contribution in [2.75, 3.05) is 45.8 Å². The smallest absolute Gasteiger partial charge is 0.208 e. The van der Waals surface area contributed by atoms with Crippen molar-refractivity contribution >= 4 is 29.9 Å². The zero-order valence-electron chi connectivity index (χ0n) is 19.2. The Labute approximate surface area is 199 Å². The molecule has 2 fully saturated rings. The van der Waals surface area contributed by atoms with E-state index in [1.807, 2.05) is 13.8 Å². The lowest BCUT2D eigenvalue weighted by molar-refractivity contribution is 0.166. The molecule has 1 aromatic rings. The SMILES string of the molecule is CCNC(=NCC1CCN(Cc2nc(C)c(C)o2)CC1)NCC1CCCN1CC.I. The van der Waals surface area contributed by atoms with Gasteiger partial charge in [-0.3, -0.25) is 14.8 Å². The first-order valence-corrected chi connectivity index (χ1v) is 11.5. The summed E-state index contributed by atoms with van der Waals surface area (Å²) in [6.45, 7) is 16.6. The molecule has 1 aromatic heterocycles. The molecule has 0 spiro atoms. The number of oxazole rings is 1. The number of rotatable bonds is 8. The molecule has 0 aromatic carbocycles. The second-order valence-electron chi connectivity index (χ2n) is 8.49. The summed E-state index contributed by atoms with van der Waals surface area (Å²) in [6, 6.07) is 0.648. The number of piperidine rings is 1. The molecule has 1 unspecified atom stereocenters. The van der Waals surface area contributed by atoms with Crippen LogP contribution in [-0.4, -0.2) is 72.6 Å². The second kappa shape index (κ2) is 12.9. The van der Waals surface area contributed by atoms with Crippen LogP contribution in [0.1, 0.15) is 56.9 Å². The van der Waals surface area contributed by atoms with Gasteiger partial charge in [-0.05, 0) is 78.6 Å². The molecule has 0 amide bonds. The molecular weight excluding hydrogens is 491 g/mol. The lowest BCUT2D eigenvalue weighted by Crippen LogP contribution is -2.45. The maximum Gasteiger partial charge on any atom is 0.208 e. The minimum Gasteiger partial charge on any atom is -0.444 e. The number of likely N-dealkylation sites (N-methyl/N-ethyl adjacent to an activating group) is 1. The molecule has 7 nitrogen and oxygen atoms in total. The van der Waals surface area contributed by atoms with Gasteiger partial charge in [0.1, 0.15) is 5.76 Å². The standard InChI is InChI=1S/C22H40N6O.HI/c1-5-23-22(25-15-20-8-7-11-28(20)6-2)24-14-19-9-12-27(13-10-19)16-21-26-17(3)18(4)29-21;/h19-20H,5-16H2,1-4H3,(H2,23,24,25);1H. The van der Waals surface area contributed by atoms with Gasteiger partial charge in [0, 0.05) is 25.7 Å². The van der Waals surface area contributed by atoms with Crippen LogP contribution in [0.15, 0.2) is 9.41 Å². The summed E-state index contributed by atoms with van der Waals surface area (Å²) < 4.78 is 5.74. The fourth-order valence-corrected chi connectivity index (χ4v) is 4.44. The first-order chi connectivity index (χ1) is 14.1. The Balaban J connectivity index is 0.00000320. The van der Waals surface area contributed by atoms with Crippen LogP contribution in [0.3, 0.4) is 0 Å². The van der Waals surface area contributed by atoms with Gasteiger partial charge in [0.15, 0.2) is 5.96 Å². The number of halogens is 1. The van der Waals surface area contributed by atoms with Crippen LogP contribution in [-0.2, 0) is 6.54 Å². The third kappa shape index (κ3) is 7.37. The van der Waals surface area contributed by atoms with Crippen LogP contribution in [0.5, 0.6) is 0 Å². The molecule has 30 heavy (non-hydrogen) atoms. The minimum atomic E-state index is 0. The number of nitrogens with zero attached hydrogens (tertiary/aromatic N) is 4. The van der Waals surface area contributed by atoms with Crippen molar-refractivity contribution in [1.29, 1.82) is 0 Å². The first kappa shape index (κ1) is 25.4. The highest BCUT2D eigenvalue weighted by Gasteiger charge is 2.23. The van der Waals surface area contributed by atoms with E-state index in [-0.39, 0.29) is 24.0 Å². The van der Waals surface area contributed by atoms with Crippen molar-refractivity contribution in [3.63, 3.8) is 0 Å². The maximum absolute atomic E-state index is 5.74. The molecule has 0 radical (unpaired) electrons. The number of guanidine groups is 1. The molecule has 3 heterocycles. The predicted octanol–water partition coefficient (Wildman–Crippen LogP) is 3.16. The number of likely N-dealkylation sites (tertiary alicyclic amines) is 2. The maximum atomic E-state index is 5.74. The zero-order valence-corrected chi connectivity index (χ0v) is 21.6. The highest BCUT2D eigenvalue weighted by molar-refractivity contribution is 14.0. The average molecular weight is 533 g/mol. The van der Waals surface area contributed by atoms with Crippen molar-refractivity contribution < 1.29 is 4.42 Å². The van der Waals surface area contributed by atoms with E-state index in [0.717, 1.165) is 69.1 Å². The fraction of sp³-hybridized carbons (Fsp3) is 0.818. The van der Waals surface area contributed by atoms with Crippen LogP contribution in [0, 0.1) is 19.8 Å². The Morgan fingerprint density at radius 2 is 1.90 bits per heavy atom. The van der Waals surface area contributed by atoms with E-state index < -0.39 is 0 Å². The third-order valence-corrected chi connectivity index (χ3v) is 6.40. The zero-order chi connectivity index (χ0) is 20.6. The van der Waals surface area contributed by atoms with Gasteiger partial charge in [-0.1, -0.05) is 6.92 Å². The molecule has 8 heteroatoms. The van der Waals surface area contributed by atoms with Crippen molar-refractivity contribution in [1.82, 2.24) is 25.4 Å². The average Bonchev–Trinajstić information content (AvgIpc) is 3.30. The van der Waals surface area contributed by atoms with E-state index in [0.29, 0.717) is 12.0 Å². The van der Waals surface area contributed by atoms with E-state index in [2.05, 4.69) is 39.3 Å². The summed E-state index contributed by atoms with van der Waals surface area (Å²) in [6.07, 6.45) is 4.99. The lowest BCUT2D eigenvalue weighted by Gasteiger charge is -2.30. The summed E-state index contributed by atoms with van der Waals surface area (Å²) in [5.41, 5.74) is 1.01. The van der Waals surface area contributed by atoms with E-state index in [1.54, 1.807) is 0 Å². The van der Waals surface area contributed by atoms with Crippen molar-refractivity contribution in [3.05, 3.63) is 17.3 Å². The molecule has 2 aliphatic heterocycles. The molecule has 3 rings (SSSR count). The molecule has 0 saturated carbocycles. The Kier molecular flexibility index (Phi) is 10.9. The quantitative estimate of drug-likeness (QED) is 0.305. The largest absolute Gasteiger partial charge is 0.444 e. The Morgan fingerprint density at radius 3 is 2.53 bits per heavy atom. The highest BCUT2D eigenvalue weighted by Crippen LogP contribution is 2.20. The summed E-state index contributed by atoms with van der Waals surface area (Å²) in [7, 11) is 0. The highest BCUT2D eigenvalue weighted by atomic mass is 127. The molecule has 0 aliphatic carbocycles. The van der Waals surface area contributed by atoms with E-state index >= 15 is 0 Å². The van der Waals surface area contributed by atoms with Crippen LogP contribution in [0.2, 0.25) is 0 Å². The van der Waals surface area contributed by atoms with E-state index in [9.17, 15) is 0 Å². The topological polar surface area (TPSA) is 68.9 Å². The number of hydrogen-bond acceptors (Lipinski definition) is 5. The Bertz CT molecular complexity index is 637. The van der Waals surface area contributed by atoms with Crippen LogP contribution < -0.4 is 10.6 Å². The predicted molar refractivity (Wildman–Crippen MR) is 134 cm³/mol. The van der Waals surface area contributed by atoms with Gasteiger partial charge < -0.3 is 15.1 Å². The number of aryl methyl sites for hydroxylation is 2. The monoisotopic (exact) mass is 532 g/mol. The van der Waals surface area contributed by atoms with Gasteiger partial charge >= 0.3 is 0 Å². The van der Waals surface area contributed by atoms with Gasteiger partial charge in [0.2, 0.25) is 5.89 Å². The molecular formula is C22H41IN6O. The second-order valence-corrected chi connectivity index (χ2v) is 8.49. The number of nitrogens with one attached hydrogen (secondary N) is 2. The first-order valence-electron chi connectivity index (χ1n) is 11.5. The fourth-order valence-electron chi connectivity index (χ4n) is 4.44. The van der Waals surface area contributed by atoms with Gasteiger partial charge in [0.05, 0.1) is 12.2 Å². The molecule has 0 bridgehead atoms. The van der Waals surface area contributed by atoms with E-state index in [1.165, 1.54) is 32.2 Å². The van der Waals surface area contributed by atoms with Crippen LogP contribution in [0.4, 0.5) is 0 Å². The van der Waals surface area contributed by atoms with Gasteiger partial charge in [-0.25, -0.2) is 4.98 Å². The van der Waals surface area contributed by atoms with Gasteiger partial charge in [-0.15, -0.1) is 24.0 Å². The van der Waals surface area contributed by atoms with Crippen molar-refractivity contribution in [2.24, 2.45) is 10.9 Å². The molecule has 1 atom stereocenters. The molecule has 2 N–H and O–H groups in total. The lowest BCUT2D eigenvalue weighted by atomic mass is 9.97. The molecule has 2 saturated heterocycles. The summed E-state index contributed by atoms with van der Waals surface area (Å²) in [5.74, 6) is 3.42. The normalized spacial score (nSPS) is 21.6. The Morgan fingerprint density at radius 1 is 1.13 bits per heavy atom. The number of hydrogen-bond donors (Lipinski definition) is 2.